The Hall–Kier alpha value is -3.03. The van der Waals surface area contributed by atoms with Crippen LogP contribution < -0.4 is 5.32 Å². The number of amides is 1. The van der Waals surface area contributed by atoms with Gasteiger partial charge in [-0.15, -0.1) is 11.3 Å². The van der Waals surface area contributed by atoms with Crippen molar-refractivity contribution in [3.05, 3.63) is 92.2 Å². The van der Waals surface area contributed by atoms with Crippen LogP contribution in [0.25, 0.3) is 0 Å². The molecule has 1 atom stereocenters. The summed E-state index contributed by atoms with van der Waals surface area (Å²) in [7, 11) is 0. The van der Waals surface area contributed by atoms with Crippen LogP contribution in [0, 0.1) is 10.1 Å². The van der Waals surface area contributed by atoms with Crippen LogP contribution in [0.4, 0.5) is 11.4 Å². The molecule has 0 saturated carbocycles. The number of nitro benzene ring substituents is 1. The fourth-order valence-corrected chi connectivity index (χ4v) is 4.52. The molecule has 1 unspecified atom stereocenters. The molecule has 6 nitrogen and oxygen atoms in total. The van der Waals surface area contributed by atoms with Crippen molar-refractivity contribution in [2.75, 3.05) is 18.4 Å². The Bertz CT molecular complexity index is 986. The van der Waals surface area contributed by atoms with Crippen molar-refractivity contribution >= 4 is 28.6 Å². The lowest BCUT2D eigenvalue weighted by molar-refractivity contribution is -0.384. The molecule has 1 aliphatic heterocycles. The van der Waals surface area contributed by atoms with Gasteiger partial charge in [-0.25, -0.2) is 0 Å². The zero-order chi connectivity index (χ0) is 19.5. The number of rotatable bonds is 5. The number of fused-ring (bicyclic) bond motifs is 1. The molecule has 7 heteroatoms. The first-order chi connectivity index (χ1) is 13.6. The fourth-order valence-electron chi connectivity index (χ4n) is 3.62. The number of thiophene rings is 1. The lowest BCUT2D eigenvalue weighted by atomic mass is 9.93. The highest BCUT2D eigenvalue weighted by Crippen LogP contribution is 2.37. The maximum atomic E-state index is 12.6. The second-order valence-corrected chi connectivity index (χ2v) is 7.69. The van der Waals surface area contributed by atoms with Gasteiger partial charge < -0.3 is 5.32 Å². The average molecular weight is 393 g/mol. The number of hydrogen-bond acceptors (Lipinski definition) is 5. The average Bonchev–Trinajstić information content (AvgIpc) is 3.17. The molecule has 28 heavy (non-hydrogen) atoms. The van der Waals surface area contributed by atoms with Gasteiger partial charge >= 0.3 is 0 Å². The number of carbonyl (C=O) groups excluding carboxylic acids is 1. The van der Waals surface area contributed by atoms with E-state index in [2.05, 4.69) is 33.8 Å². The first-order valence-electron chi connectivity index (χ1n) is 9.01. The number of hydrogen-bond donors (Lipinski definition) is 1. The number of benzene rings is 2. The van der Waals surface area contributed by atoms with Crippen molar-refractivity contribution in [2.45, 2.75) is 12.5 Å². The van der Waals surface area contributed by atoms with Crippen LogP contribution in [0.3, 0.4) is 0 Å². The number of non-ortho nitro benzene ring substituents is 1. The van der Waals surface area contributed by atoms with Crippen molar-refractivity contribution < 1.29 is 9.72 Å². The molecule has 142 valence electrons. The van der Waals surface area contributed by atoms with Crippen molar-refractivity contribution in [3.63, 3.8) is 0 Å². The number of nitrogens with zero attached hydrogens (tertiary/aromatic N) is 2. The summed E-state index contributed by atoms with van der Waals surface area (Å²) < 4.78 is 0. The number of carbonyl (C=O) groups is 1. The monoisotopic (exact) mass is 393 g/mol. The van der Waals surface area contributed by atoms with Crippen molar-refractivity contribution in [3.8, 4) is 0 Å². The summed E-state index contributed by atoms with van der Waals surface area (Å²) in [5, 5.41) is 15.7. The zero-order valence-electron chi connectivity index (χ0n) is 15.1. The van der Waals surface area contributed by atoms with Gasteiger partial charge in [0.15, 0.2) is 0 Å². The zero-order valence-corrected chi connectivity index (χ0v) is 15.9. The molecule has 0 radical (unpaired) electrons. The summed E-state index contributed by atoms with van der Waals surface area (Å²) in [6.45, 7) is 1.06. The van der Waals surface area contributed by atoms with Gasteiger partial charge in [0.1, 0.15) is 0 Å². The van der Waals surface area contributed by atoms with Crippen LogP contribution in [0.2, 0.25) is 0 Å². The van der Waals surface area contributed by atoms with Crippen molar-refractivity contribution in [2.24, 2.45) is 0 Å². The van der Waals surface area contributed by atoms with Gasteiger partial charge in [-0.3, -0.25) is 19.8 Å². The summed E-state index contributed by atoms with van der Waals surface area (Å²) in [6.07, 6.45) is 0.932. The molecule has 1 amide bonds. The van der Waals surface area contributed by atoms with Gasteiger partial charge in [-0.2, -0.15) is 0 Å². The summed E-state index contributed by atoms with van der Waals surface area (Å²) in [5.41, 5.74) is 3.00. The highest BCUT2D eigenvalue weighted by Gasteiger charge is 2.30. The number of anilines is 1. The molecule has 4 rings (SSSR count). The normalized spacial score (nSPS) is 16.4. The predicted octanol–water partition coefficient (Wildman–Crippen LogP) is 4.24. The third-order valence-electron chi connectivity index (χ3n) is 4.89. The number of nitro groups is 1. The molecule has 0 saturated heterocycles. The summed E-state index contributed by atoms with van der Waals surface area (Å²) in [4.78, 5) is 26.5. The van der Waals surface area contributed by atoms with Gasteiger partial charge in [0.25, 0.3) is 5.69 Å². The van der Waals surface area contributed by atoms with E-state index in [1.54, 1.807) is 23.5 Å². The minimum absolute atomic E-state index is 0.00292. The second-order valence-electron chi connectivity index (χ2n) is 6.68. The molecular weight excluding hydrogens is 374 g/mol. The van der Waals surface area contributed by atoms with Gasteiger partial charge in [-0.05, 0) is 41.1 Å². The van der Waals surface area contributed by atoms with E-state index in [1.165, 1.54) is 28.1 Å². The van der Waals surface area contributed by atoms with Crippen molar-refractivity contribution in [1.29, 1.82) is 0 Å². The minimum Gasteiger partial charge on any atom is -0.325 e. The first-order valence-corrected chi connectivity index (χ1v) is 9.89. The third kappa shape index (κ3) is 3.81. The molecule has 0 bridgehead atoms. The van der Waals surface area contributed by atoms with Crippen LogP contribution >= 0.6 is 11.3 Å². The lowest BCUT2D eigenvalue weighted by Gasteiger charge is -2.35. The molecule has 0 fully saturated rings. The molecule has 1 aliphatic rings. The maximum Gasteiger partial charge on any atom is 0.269 e. The molecule has 2 aromatic carbocycles. The van der Waals surface area contributed by atoms with Crippen LogP contribution in [0.15, 0.2) is 66.0 Å². The van der Waals surface area contributed by atoms with E-state index in [0.29, 0.717) is 5.69 Å². The van der Waals surface area contributed by atoms with Crippen LogP contribution in [0.5, 0.6) is 0 Å². The highest BCUT2D eigenvalue weighted by molar-refractivity contribution is 7.10. The van der Waals surface area contributed by atoms with Crippen LogP contribution in [-0.2, 0) is 11.2 Å². The molecule has 0 spiro atoms. The SMILES string of the molecule is O=C(CN1CCc2sccc2C1c1ccccc1)Nc1ccc([N+](=O)[O-])cc1. The maximum absolute atomic E-state index is 12.6. The first kappa shape index (κ1) is 18.3. The largest absolute Gasteiger partial charge is 0.325 e. The highest BCUT2D eigenvalue weighted by atomic mass is 32.1. The molecular formula is C21H19N3O3S. The van der Waals surface area contributed by atoms with Gasteiger partial charge in [0.05, 0.1) is 17.5 Å². The van der Waals surface area contributed by atoms with E-state index in [-0.39, 0.29) is 24.2 Å². The topological polar surface area (TPSA) is 75.5 Å². The van der Waals surface area contributed by atoms with Crippen molar-refractivity contribution in [1.82, 2.24) is 4.90 Å². The number of nitrogens with one attached hydrogen (secondary N) is 1. The van der Waals surface area contributed by atoms with E-state index in [1.807, 2.05) is 18.2 Å². The third-order valence-corrected chi connectivity index (χ3v) is 5.89. The van der Waals surface area contributed by atoms with Crippen LogP contribution in [-0.4, -0.2) is 28.8 Å². The Morgan fingerprint density at radius 1 is 1.14 bits per heavy atom. The van der Waals surface area contributed by atoms with E-state index in [4.69, 9.17) is 0 Å². The van der Waals surface area contributed by atoms with E-state index >= 15 is 0 Å². The van der Waals surface area contributed by atoms with Gasteiger partial charge in [0, 0.05) is 29.2 Å². The molecule has 1 N–H and O–H groups in total. The Labute approximate surface area is 166 Å². The Morgan fingerprint density at radius 3 is 2.61 bits per heavy atom. The van der Waals surface area contributed by atoms with Crippen LogP contribution in [0.1, 0.15) is 22.0 Å². The standard InChI is InChI=1S/C21H19N3O3S/c25-20(22-16-6-8-17(9-7-16)24(26)27)14-23-12-10-19-18(11-13-28-19)21(23)15-4-2-1-3-5-15/h1-9,11,13,21H,10,12,14H2,(H,22,25). The van der Waals surface area contributed by atoms with E-state index < -0.39 is 4.92 Å². The molecule has 0 aliphatic carbocycles. The van der Waals surface area contributed by atoms with E-state index in [9.17, 15) is 14.9 Å². The van der Waals surface area contributed by atoms with E-state index in [0.717, 1.165) is 13.0 Å². The minimum atomic E-state index is -0.456. The predicted molar refractivity (Wildman–Crippen MR) is 110 cm³/mol. The fraction of sp³-hybridized carbons (Fsp3) is 0.190. The molecule has 1 aromatic heterocycles. The summed E-state index contributed by atoms with van der Waals surface area (Å²) in [6, 6.07) is 18.3. The molecule has 2 heterocycles. The Kier molecular flexibility index (Phi) is 5.18. The summed E-state index contributed by atoms with van der Waals surface area (Å²) >= 11 is 1.77. The molecule has 3 aromatic rings. The lowest BCUT2D eigenvalue weighted by Crippen LogP contribution is -2.40. The van der Waals surface area contributed by atoms with Gasteiger partial charge in [0.2, 0.25) is 5.91 Å². The van der Waals surface area contributed by atoms with Gasteiger partial charge in [-0.1, -0.05) is 30.3 Å². The smallest absolute Gasteiger partial charge is 0.269 e. The Balaban J connectivity index is 1.51. The quantitative estimate of drug-likeness (QED) is 0.520. The summed E-state index contributed by atoms with van der Waals surface area (Å²) in [5.74, 6) is -0.131. The Morgan fingerprint density at radius 2 is 1.89 bits per heavy atom. The second kappa shape index (κ2) is 7.92.